The SMILES string of the molecule is C=C(Cl)C#Cc1ccc(CCC)cc1. The topological polar surface area (TPSA) is 0 Å². The summed E-state index contributed by atoms with van der Waals surface area (Å²) in [6, 6.07) is 8.23. The van der Waals surface area contributed by atoms with E-state index in [9.17, 15) is 0 Å². The molecule has 0 unspecified atom stereocenters. The van der Waals surface area contributed by atoms with Crippen LogP contribution in [-0.2, 0) is 6.42 Å². The first kappa shape index (κ1) is 10.9. The van der Waals surface area contributed by atoms with E-state index in [1.165, 1.54) is 12.0 Å². The van der Waals surface area contributed by atoms with Gasteiger partial charge in [0.25, 0.3) is 0 Å². The van der Waals surface area contributed by atoms with Gasteiger partial charge in [0.1, 0.15) is 0 Å². The second-order valence-electron chi connectivity index (χ2n) is 3.10. The van der Waals surface area contributed by atoms with Crippen molar-refractivity contribution in [2.75, 3.05) is 0 Å². The molecular formula is C13H13Cl. The molecule has 1 heteroatoms. The van der Waals surface area contributed by atoms with E-state index in [1.807, 2.05) is 12.1 Å². The molecule has 0 aliphatic heterocycles. The van der Waals surface area contributed by atoms with Crippen LogP contribution < -0.4 is 0 Å². The highest BCUT2D eigenvalue weighted by atomic mass is 35.5. The standard InChI is InChI=1S/C13H13Cl/c1-3-4-12-7-9-13(10-8-12)6-5-11(2)14/h7-10H,2-4H2,1H3. The Labute approximate surface area is 90.6 Å². The third-order valence-electron chi connectivity index (χ3n) is 1.84. The van der Waals surface area contributed by atoms with Crippen LogP contribution >= 0.6 is 11.6 Å². The normalized spacial score (nSPS) is 9.00. The smallest absolute Gasteiger partial charge is 0.0751 e. The average molecular weight is 205 g/mol. The molecule has 0 aromatic heterocycles. The summed E-state index contributed by atoms with van der Waals surface area (Å²) in [6.07, 6.45) is 2.29. The first-order valence-electron chi connectivity index (χ1n) is 4.67. The van der Waals surface area contributed by atoms with Crippen LogP contribution in [0.1, 0.15) is 24.5 Å². The predicted octanol–water partition coefficient (Wildman–Crippen LogP) is 3.74. The summed E-state index contributed by atoms with van der Waals surface area (Å²) in [5.74, 6) is 5.67. The molecule has 0 spiro atoms. The van der Waals surface area contributed by atoms with Crippen molar-refractivity contribution >= 4 is 11.6 Å². The van der Waals surface area contributed by atoms with E-state index >= 15 is 0 Å². The molecule has 0 aliphatic rings. The molecule has 0 fully saturated rings. The molecule has 1 rings (SSSR count). The molecule has 0 atom stereocenters. The minimum Gasteiger partial charge on any atom is -0.0751 e. The Hall–Kier alpha value is -1.19. The van der Waals surface area contributed by atoms with E-state index in [2.05, 4.69) is 37.5 Å². The summed E-state index contributed by atoms with van der Waals surface area (Å²) in [7, 11) is 0. The second kappa shape index (κ2) is 5.52. The van der Waals surface area contributed by atoms with E-state index < -0.39 is 0 Å². The zero-order valence-electron chi connectivity index (χ0n) is 8.31. The Balaban J connectivity index is 2.75. The van der Waals surface area contributed by atoms with Crippen molar-refractivity contribution < 1.29 is 0 Å². The number of benzene rings is 1. The summed E-state index contributed by atoms with van der Waals surface area (Å²) in [5, 5.41) is 0.377. The quantitative estimate of drug-likeness (QED) is 0.644. The lowest BCUT2D eigenvalue weighted by molar-refractivity contribution is 0.922. The number of aryl methyl sites for hydroxylation is 1. The minimum atomic E-state index is 0.377. The molecule has 0 nitrogen and oxygen atoms in total. The third-order valence-corrected chi connectivity index (χ3v) is 1.93. The first-order chi connectivity index (χ1) is 6.72. The molecule has 1 aromatic carbocycles. The van der Waals surface area contributed by atoms with Gasteiger partial charge in [-0.2, -0.15) is 0 Å². The molecule has 14 heavy (non-hydrogen) atoms. The molecule has 0 aliphatic carbocycles. The van der Waals surface area contributed by atoms with Gasteiger partial charge in [-0.1, -0.05) is 49.6 Å². The number of allylic oxidation sites excluding steroid dienone is 1. The maximum absolute atomic E-state index is 5.54. The van der Waals surface area contributed by atoms with Gasteiger partial charge in [-0.3, -0.25) is 0 Å². The zero-order chi connectivity index (χ0) is 10.4. The fraction of sp³-hybridized carbons (Fsp3) is 0.231. The number of hydrogen-bond acceptors (Lipinski definition) is 0. The van der Waals surface area contributed by atoms with Crippen LogP contribution in [0.4, 0.5) is 0 Å². The van der Waals surface area contributed by atoms with Crippen LogP contribution in [-0.4, -0.2) is 0 Å². The lowest BCUT2D eigenvalue weighted by Crippen LogP contribution is -1.82. The van der Waals surface area contributed by atoms with Gasteiger partial charge < -0.3 is 0 Å². The first-order valence-corrected chi connectivity index (χ1v) is 5.05. The van der Waals surface area contributed by atoms with Crippen LogP contribution in [0, 0.1) is 11.8 Å². The summed E-state index contributed by atoms with van der Waals surface area (Å²) < 4.78 is 0. The van der Waals surface area contributed by atoms with E-state index in [4.69, 9.17) is 11.6 Å². The van der Waals surface area contributed by atoms with Gasteiger partial charge in [-0.15, -0.1) is 0 Å². The van der Waals surface area contributed by atoms with Crippen molar-refractivity contribution in [3.8, 4) is 11.8 Å². The van der Waals surface area contributed by atoms with Crippen LogP contribution in [0.5, 0.6) is 0 Å². The molecule has 72 valence electrons. The molecule has 0 bridgehead atoms. The van der Waals surface area contributed by atoms with Crippen LogP contribution in [0.15, 0.2) is 35.9 Å². The lowest BCUT2D eigenvalue weighted by Gasteiger charge is -1.97. The van der Waals surface area contributed by atoms with Crippen LogP contribution in [0.3, 0.4) is 0 Å². The number of hydrogen-bond donors (Lipinski definition) is 0. The molecule has 0 saturated carbocycles. The van der Waals surface area contributed by atoms with Gasteiger partial charge in [0.2, 0.25) is 0 Å². The summed E-state index contributed by atoms with van der Waals surface area (Å²) in [4.78, 5) is 0. The van der Waals surface area contributed by atoms with Crippen molar-refractivity contribution in [3.05, 3.63) is 47.0 Å². The van der Waals surface area contributed by atoms with Crippen molar-refractivity contribution in [3.63, 3.8) is 0 Å². The molecule has 0 radical (unpaired) electrons. The van der Waals surface area contributed by atoms with E-state index in [0.717, 1.165) is 12.0 Å². The Kier molecular flexibility index (Phi) is 4.29. The molecule has 0 N–H and O–H groups in total. The number of rotatable bonds is 2. The largest absolute Gasteiger partial charge is 0.0836 e. The van der Waals surface area contributed by atoms with Gasteiger partial charge in [0.15, 0.2) is 0 Å². The van der Waals surface area contributed by atoms with Gasteiger partial charge in [0.05, 0.1) is 5.03 Å². The Morgan fingerprint density at radius 3 is 2.50 bits per heavy atom. The van der Waals surface area contributed by atoms with E-state index in [1.54, 1.807) is 0 Å². The average Bonchev–Trinajstić information content (AvgIpc) is 2.17. The second-order valence-corrected chi connectivity index (χ2v) is 3.56. The van der Waals surface area contributed by atoms with Gasteiger partial charge in [-0.25, -0.2) is 0 Å². The fourth-order valence-corrected chi connectivity index (χ4v) is 1.23. The van der Waals surface area contributed by atoms with E-state index in [0.29, 0.717) is 5.03 Å². The monoisotopic (exact) mass is 204 g/mol. The molecule has 0 amide bonds. The highest BCUT2D eigenvalue weighted by Gasteiger charge is 1.90. The molecular weight excluding hydrogens is 192 g/mol. The zero-order valence-corrected chi connectivity index (χ0v) is 9.06. The Morgan fingerprint density at radius 2 is 2.00 bits per heavy atom. The highest BCUT2D eigenvalue weighted by Crippen LogP contribution is 2.06. The lowest BCUT2D eigenvalue weighted by atomic mass is 10.1. The molecule has 1 aromatic rings. The van der Waals surface area contributed by atoms with Crippen LogP contribution in [0.25, 0.3) is 0 Å². The van der Waals surface area contributed by atoms with Crippen molar-refractivity contribution in [1.29, 1.82) is 0 Å². The fourth-order valence-electron chi connectivity index (χ4n) is 1.18. The van der Waals surface area contributed by atoms with Crippen molar-refractivity contribution in [1.82, 2.24) is 0 Å². The Morgan fingerprint density at radius 1 is 1.36 bits per heavy atom. The molecule has 0 saturated heterocycles. The maximum atomic E-state index is 5.54. The summed E-state index contributed by atoms with van der Waals surface area (Å²) in [6.45, 7) is 5.68. The molecule has 0 heterocycles. The van der Waals surface area contributed by atoms with Gasteiger partial charge >= 0.3 is 0 Å². The van der Waals surface area contributed by atoms with Crippen molar-refractivity contribution in [2.24, 2.45) is 0 Å². The van der Waals surface area contributed by atoms with Crippen LogP contribution in [0.2, 0.25) is 0 Å². The van der Waals surface area contributed by atoms with Gasteiger partial charge in [0, 0.05) is 5.56 Å². The predicted molar refractivity (Wildman–Crippen MR) is 62.3 cm³/mol. The summed E-state index contributed by atoms with van der Waals surface area (Å²) >= 11 is 5.54. The van der Waals surface area contributed by atoms with Gasteiger partial charge in [-0.05, 0) is 30.0 Å². The Bertz CT molecular complexity index is 362. The highest BCUT2D eigenvalue weighted by molar-refractivity contribution is 6.31. The third kappa shape index (κ3) is 3.68. The minimum absolute atomic E-state index is 0.377. The maximum Gasteiger partial charge on any atom is 0.0836 e. The number of halogens is 1. The van der Waals surface area contributed by atoms with Crippen molar-refractivity contribution in [2.45, 2.75) is 19.8 Å². The summed E-state index contributed by atoms with van der Waals surface area (Å²) in [5.41, 5.74) is 2.33. The van der Waals surface area contributed by atoms with E-state index in [-0.39, 0.29) is 0 Å².